The minimum absolute atomic E-state index is 0.0282. The SMILES string of the molecule is CSc1ncccc1C(=O)N(Cc1ccccc1)[C@H]1CCS(=O)(=O)C1. The van der Waals surface area contributed by atoms with E-state index in [2.05, 4.69) is 4.98 Å². The van der Waals surface area contributed by atoms with E-state index in [1.54, 1.807) is 23.2 Å². The standard InChI is InChI=1S/C18H20N2O3S2/c1-24-17-16(8-5-10-19-17)18(21)20(12-14-6-3-2-4-7-14)15-9-11-25(22,23)13-15/h2-8,10,15H,9,11-13H2,1H3/t15-/m0/s1. The van der Waals surface area contributed by atoms with E-state index >= 15 is 0 Å². The summed E-state index contributed by atoms with van der Waals surface area (Å²) in [5.74, 6) is 0.00226. The number of thioether (sulfide) groups is 1. The van der Waals surface area contributed by atoms with Gasteiger partial charge in [-0.05, 0) is 30.4 Å². The second-order valence-electron chi connectivity index (χ2n) is 6.04. The molecule has 7 heteroatoms. The van der Waals surface area contributed by atoms with Gasteiger partial charge in [-0.3, -0.25) is 4.79 Å². The molecule has 25 heavy (non-hydrogen) atoms. The maximum Gasteiger partial charge on any atom is 0.257 e. The molecule has 0 N–H and O–H groups in total. The van der Waals surface area contributed by atoms with Crippen molar-refractivity contribution in [2.24, 2.45) is 0 Å². The minimum atomic E-state index is -3.08. The van der Waals surface area contributed by atoms with Crippen LogP contribution >= 0.6 is 11.8 Å². The zero-order valence-corrected chi connectivity index (χ0v) is 15.6. The van der Waals surface area contributed by atoms with Gasteiger partial charge in [-0.1, -0.05) is 30.3 Å². The normalized spacial score (nSPS) is 18.8. The van der Waals surface area contributed by atoms with Gasteiger partial charge in [0.15, 0.2) is 9.84 Å². The third-order valence-corrected chi connectivity index (χ3v) is 6.76. The molecule has 2 heterocycles. The fourth-order valence-electron chi connectivity index (χ4n) is 3.04. The lowest BCUT2D eigenvalue weighted by Gasteiger charge is -2.29. The van der Waals surface area contributed by atoms with E-state index in [4.69, 9.17) is 0 Å². The molecule has 0 unspecified atom stereocenters. The van der Waals surface area contributed by atoms with Crippen LogP contribution in [-0.2, 0) is 16.4 Å². The summed E-state index contributed by atoms with van der Waals surface area (Å²) in [4.78, 5) is 19.2. The highest BCUT2D eigenvalue weighted by Gasteiger charge is 2.35. The molecule has 5 nitrogen and oxygen atoms in total. The fraction of sp³-hybridized carbons (Fsp3) is 0.333. The van der Waals surface area contributed by atoms with Crippen molar-refractivity contribution in [2.45, 2.75) is 24.0 Å². The van der Waals surface area contributed by atoms with E-state index in [1.807, 2.05) is 36.6 Å². The van der Waals surface area contributed by atoms with Crippen molar-refractivity contribution in [3.8, 4) is 0 Å². The van der Waals surface area contributed by atoms with Gasteiger partial charge in [0.25, 0.3) is 5.91 Å². The van der Waals surface area contributed by atoms with Gasteiger partial charge in [-0.15, -0.1) is 11.8 Å². The summed E-state index contributed by atoms with van der Waals surface area (Å²) >= 11 is 1.41. The van der Waals surface area contributed by atoms with Crippen LogP contribution in [0.4, 0.5) is 0 Å². The fourth-order valence-corrected chi connectivity index (χ4v) is 5.31. The molecule has 1 aromatic carbocycles. The molecule has 2 aromatic rings. The van der Waals surface area contributed by atoms with Crippen LogP contribution < -0.4 is 0 Å². The molecule has 0 aliphatic carbocycles. The van der Waals surface area contributed by atoms with E-state index in [9.17, 15) is 13.2 Å². The number of benzene rings is 1. The lowest BCUT2D eigenvalue weighted by atomic mass is 10.1. The lowest BCUT2D eigenvalue weighted by Crippen LogP contribution is -2.40. The first kappa shape index (κ1) is 17.9. The summed E-state index contributed by atoms with van der Waals surface area (Å²) in [6.45, 7) is 0.391. The molecule has 1 amide bonds. The van der Waals surface area contributed by atoms with Crippen LogP contribution in [-0.4, -0.2) is 48.0 Å². The number of amides is 1. The number of rotatable bonds is 5. The van der Waals surface area contributed by atoms with Crippen molar-refractivity contribution in [2.75, 3.05) is 17.8 Å². The van der Waals surface area contributed by atoms with Crippen molar-refractivity contribution >= 4 is 27.5 Å². The molecule has 3 rings (SSSR count). The van der Waals surface area contributed by atoms with Crippen LogP contribution in [0, 0.1) is 0 Å². The zero-order valence-electron chi connectivity index (χ0n) is 14.0. The topological polar surface area (TPSA) is 67.3 Å². The van der Waals surface area contributed by atoms with Gasteiger partial charge in [0.2, 0.25) is 0 Å². The molecular weight excluding hydrogens is 356 g/mol. The van der Waals surface area contributed by atoms with Gasteiger partial charge in [0.1, 0.15) is 5.03 Å². The third kappa shape index (κ3) is 4.22. The zero-order chi connectivity index (χ0) is 17.9. The molecule has 0 radical (unpaired) electrons. The summed E-state index contributed by atoms with van der Waals surface area (Å²) < 4.78 is 23.9. The molecule has 0 spiro atoms. The highest BCUT2D eigenvalue weighted by Crippen LogP contribution is 2.25. The van der Waals surface area contributed by atoms with Gasteiger partial charge in [-0.2, -0.15) is 0 Å². The largest absolute Gasteiger partial charge is 0.330 e. The monoisotopic (exact) mass is 376 g/mol. The predicted molar refractivity (Wildman–Crippen MR) is 99.4 cm³/mol. The van der Waals surface area contributed by atoms with Crippen LogP contribution in [0.15, 0.2) is 53.7 Å². The number of hydrogen-bond donors (Lipinski definition) is 0. The molecule has 1 saturated heterocycles. The summed E-state index contributed by atoms with van der Waals surface area (Å²) in [6.07, 6.45) is 4.01. The van der Waals surface area contributed by atoms with Crippen LogP contribution in [0.25, 0.3) is 0 Å². The van der Waals surface area contributed by atoms with Crippen molar-refractivity contribution in [3.63, 3.8) is 0 Å². The second kappa shape index (κ2) is 7.58. The van der Waals surface area contributed by atoms with Gasteiger partial charge < -0.3 is 4.90 Å². The molecule has 1 atom stereocenters. The molecular formula is C18H20N2O3S2. The molecule has 1 fully saturated rings. The average molecular weight is 377 g/mol. The van der Waals surface area contributed by atoms with Crippen molar-refractivity contribution in [3.05, 3.63) is 59.8 Å². The first-order chi connectivity index (χ1) is 12.0. The third-order valence-electron chi connectivity index (χ3n) is 4.30. The lowest BCUT2D eigenvalue weighted by molar-refractivity contribution is 0.0676. The molecule has 1 aliphatic rings. The number of hydrogen-bond acceptors (Lipinski definition) is 5. The number of nitrogens with zero attached hydrogens (tertiary/aromatic N) is 2. The Hall–Kier alpha value is -1.86. The van der Waals surface area contributed by atoms with Gasteiger partial charge in [0, 0.05) is 18.8 Å². The van der Waals surface area contributed by atoms with Crippen LogP contribution in [0.1, 0.15) is 22.3 Å². The van der Waals surface area contributed by atoms with E-state index in [0.29, 0.717) is 23.6 Å². The highest BCUT2D eigenvalue weighted by molar-refractivity contribution is 7.98. The van der Waals surface area contributed by atoms with Crippen LogP contribution in [0.5, 0.6) is 0 Å². The van der Waals surface area contributed by atoms with Gasteiger partial charge >= 0.3 is 0 Å². The number of sulfone groups is 1. The van der Waals surface area contributed by atoms with Crippen molar-refractivity contribution in [1.82, 2.24) is 9.88 Å². The summed E-state index contributed by atoms with van der Waals surface area (Å²) in [6, 6.07) is 12.8. The molecule has 0 bridgehead atoms. The Morgan fingerprint density at radius 1 is 1.24 bits per heavy atom. The molecule has 1 aliphatic heterocycles. The Balaban J connectivity index is 1.94. The molecule has 1 aromatic heterocycles. The van der Waals surface area contributed by atoms with Crippen molar-refractivity contribution in [1.29, 1.82) is 0 Å². The van der Waals surface area contributed by atoms with Crippen LogP contribution in [0.2, 0.25) is 0 Å². The number of carbonyl (C=O) groups excluding carboxylic acids is 1. The van der Waals surface area contributed by atoms with Crippen molar-refractivity contribution < 1.29 is 13.2 Å². The average Bonchev–Trinajstić information content (AvgIpc) is 2.99. The van der Waals surface area contributed by atoms with E-state index in [1.165, 1.54) is 11.8 Å². The number of pyridine rings is 1. The minimum Gasteiger partial charge on any atom is -0.330 e. The first-order valence-electron chi connectivity index (χ1n) is 8.04. The number of carbonyl (C=O) groups is 1. The van der Waals surface area contributed by atoms with E-state index < -0.39 is 9.84 Å². The van der Waals surface area contributed by atoms with E-state index in [-0.39, 0.29) is 23.5 Å². The summed E-state index contributed by atoms with van der Waals surface area (Å²) in [5, 5.41) is 0.659. The quantitative estimate of drug-likeness (QED) is 0.751. The summed E-state index contributed by atoms with van der Waals surface area (Å²) in [7, 11) is -3.08. The molecule has 132 valence electrons. The first-order valence-corrected chi connectivity index (χ1v) is 11.1. The summed E-state index contributed by atoms with van der Waals surface area (Å²) in [5.41, 5.74) is 1.50. The Morgan fingerprint density at radius 2 is 2.00 bits per heavy atom. The maximum absolute atomic E-state index is 13.2. The smallest absolute Gasteiger partial charge is 0.257 e. The molecule has 0 saturated carbocycles. The second-order valence-corrected chi connectivity index (χ2v) is 9.06. The Morgan fingerprint density at radius 3 is 2.64 bits per heavy atom. The van der Waals surface area contributed by atoms with Gasteiger partial charge in [-0.25, -0.2) is 13.4 Å². The number of aromatic nitrogens is 1. The predicted octanol–water partition coefficient (Wildman–Crippen LogP) is 2.63. The Bertz CT molecular complexity index is 854. The Labute approximate surface area is 152 Å². The van der Waals surface area contributed by atoms with Crippen LogP contribution in [0.3, 0.4) is 0 Å². The maximum atomic E-state index is 13.2. The Kier molecular flexibility index (Phi) is 5.44. The van der Waals surface area contributed by atoms with Gasteiger partial charge in [0.05, 0.1) is 17.1 Å². The highest BCUT2D eigenvalue weighted by atomic mass is 32.2. The van der Waals surface area contributed by atoms with E-state index in [0.717, 1.165) is 5.56 Å².